The number of rotatable bonds is 2. The van der Waals surface area contributed by atoms with Crippen LogP contribution in [0.3, 0.4) is 0 Å². The Morgan fingerprint density at radius 3 is 2.90 bits per heavy atom. The molecule has 1 saturated heterocycles. The molecule has 2 aromatic rings. The summed E-state index contributed by atoms with van der Waals surface area (Å²) in [5, 5.41) is 9.89. The Morgan fingerprint density at radius 1 is 1.45 bits per heavy atom. The van der Waals surface area contributed by atoms with Crippen molar-refractivity contribution < 1.29 is 8.42 Å². The SMILES string of the molecule is CN1CC[C@@H](c2cc(-c3nncn3C)cs2)NS1(=O)=O. The molecule has 1 fully saturated rings. The second kappa shape index (κ2) is 4.92. The Bertz CT molecular complexity index is 721. The molecular formula is C11H15N5O2S2. The Balaban J connectivity index is 1.86. The van der Waals surface area contributed by atoms with E-state index in [9.17, 15) is 8.42 Å². The molecule has 2 aromatic heterocycles. The molecule has 1 atom stereocenters. The fourth-order valence-electron chi connectivity index (χ4n) is 2.16. The van der Waals surface area contributed by atoms with Crippen LogP contribution in [0.15, 0.2) is 17.8 Å². The Kier molecular flexibility index (Phi) is 3.36. The van der Waals surface area contributed by atoms with Gasteiger partial charge in [0.25, 0.3) is 10.2 Å². The van der Waals surface area contributed by atoms with E-state index in [4.69, 9.17) is 0 Å². The van der Waals surface area contributed by atoms with E-state index in [1.807, 2.05) is 23.1 Å². The maximum Gasteiger partial charge on any atom is 0.279 e. The molecule has 0 bridgehead atoms. The lowest BCUT2D eigenvalue weighted by Gasteiger charge is -2.29. The van der Waals surface area contributed by atoms with Gasteiger partial charge in [0.15, 0.2) is 5.82 Å². The van der Waals surface area contributed by atoms with Crippen LogP contribution in [0.2, 0.25) is 0 Å². The van der Waals surface area contributed by atoms with E-state index in [2.05, 4.69) is 14.9 Å². The van der Waals surface area contributed by atoms with Crippen LogP contribution in [0.4, 0.5) is 0 Å². The maximum absolute atomic E-state index is 11.8. The Hall–Kier alpha value is -1.29. The van der Waals surface area contributed by atoms with Gasteiger partial charge in [0, 0.05) is 36.5 Å². The van der Waals surface area contributed by atoms with E-state index in [1.165, 1.54) is 15.6 Å². The zero-order valence-corrected chi connectivity index (χ0v) is 12.8. The summed E-state index contributed by atoms with van der Waals surface area (Å²) in [4.78, 5) is 1.000. The number of aromatic nitrogens is 3. The molecule has 9 heteroatoms. The first-order chi connectivity index (χ1) is 9.47. The fraction of sp³-hybridized carbons (Fsp3) is 0.455. The van der Waals surface area contributed by atoms with Crippen molar-refractivity contribution in [1.82, 2.24) is 23.8 Å². The third-order valence-corrected chi connectivity index (χ3v) is 6.00. The Morgan fingerprint density at radius 2 is 2.25 bits per heavy atom. The number of thiophene rings is 1. The van der Waals surface area contributed by atoms with Crippen LogP contribution in [0.25, 0.3) is 11.4 Å². The number of hydrogen-bond acceptors (Lipinski definition) is 5. The average Bonchev–Trinajstić information content (AvgIpc) is 3.01. The van der Waals surface area contributed by atoms with Gasteiger partial charge in [-0.05, 0) is 12.5 Å². The van der Waals surface area contributed by atoms with Gasteiger partial charge in [0.1, 0.15) is 6.33 Å². The van der Waals surface area contributed by atoms with Gasteiger partial charge >= 0.3 is 0 Å². The lowest BCUT2D eigenvalue weighted by atomic mass is 10.1. The highest BCUT2D eigenvalue weighted by molar-refractivity contribution is 7.87. The minimum atomic E-state index is -3.35. The monoisotopic (exact) mass is 313 g/mol. The first kappa shape index (κ1) is 13.7. The smallest absolute Gasteiger partial charge is 0.279 e. The highest BCUT2D eigenvalue weighted by Crippen LogP contribution is 2.31. The van der Waals surface area contributed by atoms with E-state index >= 15 is 0 Å². The molecule has 3 rings (SSSR count). The standard InChI is InChI=1S/C11H15N5O2S2/c1-15-7-12-13-11(15)8-5-10(19-6-8)9-3-4-16(2)20(17,18)14-9/h5-7,9,14H,3-4H2,1-2H3/t9-/m0/s1. The van der Waals surface area contributed by atoms with Crippen molar-refractivity contribution >= 4 is 21.5 Å². The minimum Gasteiger partial charge on any atom is -0.317 e. The molecule has 0 unspecified atom stereocenters. The number of aryl methyl sites for hydroxylation is 1. The molecular weight excluding hydrogens is 298 g/mol. The first-order valence-electron chi connectivity index (χ1n) is 6.14. The molecule has 0 spiro atoms. The average molecular weight is 313 g/mol. The van der Waals surface area contributed by atoms with Crippen molar-refractivity contribution in [3.8, 4) is 11.4 Å². The minimum absolute atomic E-state index is 0.164. The molecule has 108 valence electrons. The molecule has 1 aliphatic heterocycles. The van der Waals surface area contributed by atoms with E-state index < -0.39 is 10.2 Å². The van der Waals surface area contributed by atoms with Crippen molar-refractivity contribution in [1.29, 1.82) is 0 Å². The Labute approximate surface area is 121 Å². The molecule has 1 aliphatic rings. The summed E-state index contributed by atoms with van der Waals surface area (Å²) in [5.41, 5.74) is 0.961. The topological polar surface area (TPSA) is 80.1 Å². The zero-order valence-electron chi connectivity index (χ0n) is 11.1. The molecule has 7 nitrogen and oxygen atoms in total. The quantitative estimate of drug-likeness (QED) is 0.887. The number of hydrogen-bond donors (Lipinski definition) is 1. The van der Waals surface area contributed by atoms with Gasteiger partial charge in [-0.3, -0.25) is 0 Å². The fourth-order valence-corrected chi connectivity index (χ4v) is 4.33. The van der Waals surface area contributed by atoms with Crippen LogP contribution in [0.1, 0.15) is 17.3 Å². The van der Waals surface area contributed by atoms with Crippen molar-refractivity contribution in [2.24, 2.45) is 7.05 Å². The lowest BCUT2D eigenvalue weighted by molar-refractivity contribution is 0.384. The van der Waals surface area contributed by atoms with Crippen molar-refractivity contribution in [2.75, 3.05) is 13.6 Å². The van der Waals surface area contributed by atoms with Crippen LogP contribution in [0.5, 0.6) is 0 Å². The van der Waals surface area contributed by atoms with Gasteiger partial charge in [-0.2, -0.15) is 17.4 Å². The van der Waals surface area contributed by atoms with Crippen LogP contribution < -0.4 is 4.72 Å². The summed E-state index contributed by atoms with van der Waals surface area (Å²) in [7, 11) is 0.107. The van der Waals surface area contributed by atoms with E-state index in [0.29, 0.717) is 6.54 Å². The van der Waals surface area contributed by atoms with Gasteiger partial charge in [0.2, 0.25) is 0 Å². The largest absolute Gasteiger partial charge is 0.317 e. The molecule has 0 saturated carbocycles. The predicted octanol–water partition coefficient (Wildman–Crippen LogP) is 0.755. The summed E-state index contributed by atoms with van der Waals surface area (Å²) >= 11 is 1.54. The summed E-state index contributed by atoms with van der Waals surface area (Å²) < 4.78 is 29.6. The van der Waals surface area contributed by atoms with Gasteiger partial charge < -0.3 is 4.57 Å². The van der Waals surface area contributed by atoms with Crippen molar-refractivity contribution in [3.05, 3.63) is 22.7 Å². The van der Waals surface area contributed by atoms with Gasteiger partial charge in [0.05, 0.1) is 6.04 Å². The van der Waals surface area contributed by atoms with Crippen LogP contribution in [0, 0.1) is 0 Å². The lowest BCUT2D eigenvalue weighted by Crippen LogP contribution is -2.46. The molecule has 0 radical (unpaired) electrons. The van der Waals surface area contributed by atoms with Crippen molar-refractivity contribution in [3.63, 3.8) is 0 Å². The summed E-state index contributed by atoms with van der Waals surface area (Å²) in [5.74, 6) is 0.781. The van der Waals surface area contributed by atoms with Gasteiger partial charge in [-0.25, -0.2) is 0 Å². The molecule has 20 heavy (non-hydrogen) atoms. The van der Waals surface area contributed by atoms with Crippen LogP contribution >= 0.6 is 11.3 Å². The number of nitrogens with zero attached hydrogens (tertiary/aromatic N) is 4. The van der Waals surface area contributed by atoms with Gasteiger partial charge in [-0.15, -0.1) is 21.5 Å². The van der Waals surface area contributed by atoms with E-state index in [1.54, 1.807) is 13.4 Å². The third-order valence-electron chi connectivity index (χ3n) is 3.37. The molecule has 3 heterocycles. The molecule has 0 aliphatic carbocycles. The van der Waals surface area contributed by atoms with Gasteiger partial charge in [-0.1, -0.05) is 0 Å². The van der Waals surface area contributed by atoms with Crippen LogP contribution in [-0.4, -0.2) is 41.1 Å². The van der Waals surface area contributed by atoms with Crippen LogP contribution in [-0.2, 0) is 17.3 Å². The highest BCUT2D eigenvalue weighted by atomic mass is 32.2. The predicted molar refractivity (Wildman–Crippen MR) is 76.4 cm³/mol. The molecule has 1 N–H and O–H groups in total. The summed E-state index contributed by atoms with van der Waals surface area (Å²) in [6.45, 7) is 0.525. The van der Waals surface area contributed by atoms with Crippen molar-refractivity contribution in [2.45, 2.75) is 12.5 Å². The number of nitrogens with one attached hydrogen (secondary N) is 1. The van der Waals surface area contributed by atoms with E-state index in [0.717, 1.165) is 22.7 Å². The van der Waals surface area contributed by atoms with E-state index in [-0.39, 0.29) is 6.04 Å². The summed E-state index contributed by atoms with van der Waals surface area (Å²) in [6, 6.07) is 1.82. The summed E-state index contributed by atoms with van der Waals surface area (Å²) in [6.07, 6.45) is 2.40. The maximum atomic E-state index is 11.8. The highest BCUT2D eigenvalue weighted by Gasteiger charge is 2.30. The third kappa shape index (κ3) is 2.37. The second-order valence-electron chi connectivity index (χ2n) is 4.79. The zero-order chi connectivity index (χ0) is 14.3. The first-order valence-corrected chi connectivity index (χ1v) is 8.46. The molecule has 0 aromatic carbocycles. The second-order valence-corrected chi connectivity index (χ2v) is 7.54. The normalized spacial score (nSPS) is 23.0. The molecule has 0 amide bonds.